The van der Waals surface area contributed by atoms with Crippen molar-refractivity contribution in [2.45, 2.75) is 31.8 Å². The van der Waals surface area contributed by atoms with Crippen molar-refractivity contribution in [3.8, 4) is 17.2 Å². The first-order chi connectivity index (χ1) is 14.5. The van der Waals surface area contributed by atoms with Crippen LogP contribution in [0.15, 0.2) is 48.9 Å². The van der Waals surface area contributed by atoms with Gasteiger partial charge in [-0.25, -0.2) is 4.98 Å². The smallest absolute Gasteiger partial charge is 0.149 e. The van der Waals surface area contributed by atoms with Crippen LogP contribution >= 0.6 is 0 Å². The van der Waals surface area contributed by atoms with E-state index in [9.17, 15) is 0 Å². The van der Waals surface area contributed by atoms with Gasteiger partial charge in [0.1, 0.15) is 5.82 Å². The van der Waals surface area contributed by atoms with Gasteiger partial charge in [-0.1, -0.05) is 19.1 Å². The minimum absolute atomic E-state index is 0.238. The Labute approximate surface area is 177 Å². The molecule has 0 amide bonds. The molecule has 0 bridgehead atoms. The second-order valence-electron chi connectivity index (χ2n) is 7.99. The highest BCUT2D eigenvalue weighted by Gasteiger charge is 2.24. The average Bonchev–Trinajstić information content (AvgIpc) is 3.22. The van der Waals surface area contributed by atoms with E-state index in [0.29, 0.717) is 11.5 Å². The first-order valence-corrected chi connectivity index (χ1v) is 10.3. The number of nitrogens with zero attached hydrogens (tertiary/aromatic N) is 4. The fraction of sp³-hybridized carbons (Fsp3) is 0.348. The number of hydrogen-bond acceptors (Lipinski definition) is 6. The van der Waals surface area contributed by atoms with Crippen LogP contribution in [-0.4, -0.2) is 39.9 Å². The van der Waals surface area contributed by atoms with Crippen LogP contribution in [0.4, 0.5) is 11.5 Å². The molecule has 0 fully saturated rings. The third kappa shape index (κ3) is 4.29. The number of nitriles is 1. The van der Waals surface area contributed by atoms with Crippen molar-refractivity contribution >= 4 is 11.5 Å². The van der Waals surface area contributed by atoms with Crippen LogP contribution in [-0.2, 0) is 7.05 Å². The quantitative estimate of drug-likeness (QED) is 0.587. The normalized spacial score (nSPS) is 17.2. The molecule has 1 aliphatic rings. The van der Waals surface area contributed by atoms with E-state index in [1.54, 1.807) is 4.68 Å². The highest BCUT2D eigenvalue weighted by atomic mass is 15.2. The van der Waals surface area contributed by atoms with Crippen LogP contribution in [0.3, 0.4) is 0 Å². The third-order valence-corrected chi connectivity index (χ3v) is 5.72. The van der Waals surface area contributed by atoms with Crippen molar-refractivity contribution in [2.75, 3.05) is 23.7 Å². The van der Waals surface area contributed by atoms with Gasteiger partial charge in [0.05, 0.1) is 29.6 Å². The number of hydrogen-bond donors (Lipinski definition) is 3. The Kier molecular flexibility index (Phi) is 5.68. The Balaban J connectivity index is 1.35. The molecule has 1 aromatic carbocycles. The standard InChI is InChI=1S/C23H27N7/c1-15(18-6-4-17(9-24)5-7-18)10-25-16(2)22-13-26-21-8-19(11-27-23(21)29-22)20-12-28-30(3)14-20/h4-8,11-12,14-16,22,25-26H,10,13H2,1-3H3,(H,27,29)/t15-,16+,22+/m0/s1. The average molecular weight is 402 g/mol. The van der Waals surface area contributed by atoms with Gasteiger partial charge in [0.2, 0.25) is 0 Å². The minimum atomic E-state index is 0.238. The summed E-state index contributed by atoms with van der Waals surface area (Å²) in [5.74, 6) is 1.25. The van der Waals surface area contributed by atoms with Crippen LogP contribution in [0, 0.1) is 11.3 Å². The number of nitrogens with one attached hydrogen (secondary N) is 3. The summed E-state index contributed by atoms with van der Waals surface area (Å²) in [6, 6.07) is 12.6. The van der Waals surface area contributed by atoms with Crippen LogP contribution in [0.1, 0.15) is 30.9 Å². The van der Waals surface area contributed by atoms with Crippen LogP contribution in [0.5, 0.6) is 0 Å². The zero-order valence-corrected chi connectivity index (χ0v) is 17.6. The van der Waals surface area contributed by atoms with Crippen LogP contribution in [0.2, 0.25) is 0 Å². The molecule has 3 atom stereocenters. The monoisotopic (exact) mass is 401 g/mol. The molecule has 3 N–H and O–H groups in total. The summed E-state index contributed by atoms with van der Waals surface area (Å²) in [5, 5.41) is 23.9. The molecule has 154 valence electrons. The number of anilines is 2. The molecule has 0 radical (unpaired) electrons. The van der Waals surface area contributed by atoms with Gasteiger partial charge in [0.25, 0.3) is 0 Å². The second kappa shape index (κ2) is 8.56. The van der Waals surface area contributed by atoms with E-state index in [4.69, 9.17) is 5.26 Å². The van der Waals surface area contributed by atoms with Crippen molar-refractivity contribution in [3.05, 3.63) is 60.0 Å². The Hall–Kier alpha value is -3.37. The molecule has 0 spiro atoms. The Morgan fingerprint density at radius 3 is 2.73 bits per heavy atom. The van der Waals surface area contributed by atoms with Crippen molar-refractivity contribution in [1.82, 2.24) is 20.1 Å². The van der Waals surface area contributed by atoms with Gasteiger partial charge < -0.3 is 16.0 Å². The number of aryl methyl sites for hydroxylation is 1. The summed E-state index contributed by atoms with van der Waals surface area (Å²) < 4.78 is 1.79. The maximum absolute atomic E-state index is 8.95. The van der Waals surface area contributed by atoms with Crippen LogP contribution in [0.25, 0.3) is 11.1 Å². The number of rotatable bonds is 6. The highest BCUT2D eigenvalue weighted by molar-refractivity contribution is 5.75. The fourth-order valence-electron chi connectivity index (χ4n) is 3.70. The van der Waals surface area contributed by atoms with Crippen molar-refractivity contribution in [2.24, 2.45) is 7.05 Å². The van der Waals surface area contributed by atoms with Crippen LogP contribution < -0.4 is 16.0 Å². The molecule has 0 saturated heterocycles. The molecule has 7 nitrogen and oxygen atoms in total. The maximum atomic E-state index is 8.95. The molecular formula is C23H27N7. The molecular weight excluding hydrogens is 374 g/mol. The molecule has 0 saturated carbocycles. The van der Waals surface area contributed by atoms with E-state index in [1.165, 1.54) is 5.56 Å². The largest absolute Gasteiger partial charge is 0.380 e. The van der Waals surface area contributed by atoms with Gasteiger partial charge in [-0.15, -0.1) is 0 Å². The van der Waals surface area contributed by atoms with Gasteiger partial charge in [0, 0.05) is 49.7 Å². The van der Waals surface area contributed by atoms with Crippen molar-refractivity contribution in [1.29, 1.82) is 5.26 Å². The fourth-order valence-corrected chi connectivity index (χ4v) is 3.70. The van der Waals surface area contributed by atoms with E-state index in [1.807, 2.05) is 49.9 Å². The van der Waals surface area contributed by atoms with E-state index in [-0.39, 0.29) is 12.1 Å². The minimum Gasteiger partial charge on any atom is -0.380 e. The molecule has 3 heterocycles. The lowest BCUT2D eigenvalue weighted by atomic mass is 9.99. The van der Waals surface area contributed by atoms with E-state index < -0.39 is 0 Å². The zero-order valence-electron chi connectivity index (χ0n) is 17.6. The summed E-state index contributed by atoms with van der Waals surface area (Å²) in [5.41, 5.74) is 5.06. The zero-order chi connectivity index (χ0) is 21.1. The summed E-state index contributed by atoms with van der Waals surface area (Å²) in [6.07, 6.45) is 5.73. The van der Waals surface area contributed by atoms with E-state index in [0.717, 1.165) is 35.7 Å². The Morgan fingerprint density at radius 1 is 1.23 bits per heavy atom. The van der Waals surface area contributed by atoms with Gasteiger partial charge in [-0.3, -0.25) is 4.68 Å². The molecule has 1 aliphatic heterocycles. The first kappa shape index (κ1) is 19.9. The summed E-state index contributed by atoms with van der Waals surface area (Å²) in [7, 11) is 1.91. The molecule has 4 rings (SSSR count). The summed E-state index contributed by atoms with van der Waals surface area (Å²) in [4.78, 5) is 4.63. The Bertz CT molecular complexity index is 1050. The second-order valence-corrected chi connectivity index (χ2v) is 7.99. The Morgan fingerprint density at radius 2 is 2.03 bits per heavy atom. The lowest BCUT2D eigenvalue weighted by Gasteiger charge is -2.33. The highest BCUT2D eigenvalue weighted by Crippen LogP contribution is 2.29. The molecule has 2 aromatic heterocycles. The van der Waals surface area contributed by atoms with E-state index in [2.05, 4.69) is 52.0 Å². The molecule has 0 aliphatic carbocycles. The van der Waals surface area contributed by atoms with Crippen molar-refractivity contribution < 1.29 is 0 Å². The van der Waals surface area contributed by atoms with Gasteiger partial charge in [0.15, 0.2) is 0 Å². The number of fused-ring (bicyclic) bond motifs is 1. The van der Waals surface area contributed by atoms with Gasteiger partial charge in [-0.05, 0) is 36.6 Å². The summed E-state index contributed by atoms with van der Waals surface area (Å²) >= 11 is 0. The van der Waals surface area contributed by atoms with Gasteiger partial charge >= 0.3 is 0 Å². The lowest BCUT2D eigenvalue weighted by Crippen LogP contribution is -2.49. The lowest BCUT2D eigenvalue weighted by molar-refractivity contribution is 0.467. The maximum Gasteiger partial charge on any atom is 0.149 e. The summed E-state index contributed by atoms with van der Waals surface area (Å²) in [6.45, 7) is 6.08. The SMILES string of the molecule is C[C@@H](CN[C@H](C)[C@H]1CNc2cc(-c3cnn(C)c3)cnc2N1)c1ccc(C#N)cc1. The van der Waals surface area contributed by atoms with Crippen molar-refractivity contribution in [3.63, 3.8) is 0 Å². The molecule has 7 heteroatoms. The number of benzene rings is 1. The molecule has 3 aromatic rings. The first-order valence-electron chi connectivity index (χ1n) is 10.3. The number of pyridine rings is 1. The van der Waals surface area contributed by atoms with E-state index >= 15 is 0 Å². The third-order valence-electron chi connectivity index (χ3n) is 5.72. The number of aromatic nitrogens is 3. The predicted octanol–water partition coefficient (Wildman–Crippen LogP) is 3.34. The van der Waals surface area contributed by atoms with Gasteiger partial charge in [-0.2, -0.15) is 10.4 Å². The molecule has 0 unspecified atom stereocenters. The predicted molar refractivity (Wildman–Crippen MR) is 119 cm³/mol. The molecule has 30 heavy (non-hydrogen) atoms. The topological polar surface area (TPSA) is 90.6 Å².